The van der Waals surface area contributed by atoms with E-state index < -0.39 is 0 Å². The van der Waals surface area contributed by atoms with Gasteiger partial charge >= 0.3 is 0 Å². The maximum atomic E-state index is 8.93. The lowest BCUT2D eigenvalue weighted by atomic mass is 10.1. The lowest BCUT2D eigenvalue weighted by molar-refractivity contribution is 0.282. The molecule has 0 aliphatic heterocycles. The van der Waals surface area contributed by atoms with Crippen molar-refractivity contribution in [1.82, 2.24) is 5.32 Å². The van der Waals surface area contributed by atoms with Gasteiger partial charge in [0.25, 0.3) is 0 Å². The Bertz CT molecular complexity index is 281. The Balaban J connectivity index is 2.05. The van der Waals surface area contributed by atoms with E-state index in [1.807, 2.05) is 12.1 Å². The van der Waals surface area contributed by atoms with Crippen molar-refractivity contribution in [2.24, 2.45) is 0 Å². The summed E-state index contributed by atoms with van der Waals surface area (Å²) >= 11 is 0. The molecule has 96 valence electrons. The Morgan fingerprint density at radius 1 is 0.941 bits per heavy atom. The first-order chi connectivity index (χ1) is 8.36. The first kappa shape index (κ1) is 14.2. The van der Waals surface area contributed by atoms with Gasteiger partial charge < -0.3 is 10.4 Å². The van der Waals surface area contributed by atoms with Gasteiger partial charge in [0, 0.05) is 6.54 Å². The molecule has 0 radical (unpaired) electrons. The highest BCUT2D eigenvalue weighted by atomic mass is 16.3. The topological polar surface area (TPSA) is 32.3 Å². The molecule has 0 aliphatic rings. The zero-order valence-corrected chi connectivity index (χ0v) is 10.9. The van der Waals surface area contributed by atoms with Crippen molar-refractivity contribution >= 4 is 0 Å². The highest BCUT2D eigenvalue weighted by Crippen LogP contribution is 2.04. The second-order valence-electron chi connectivity index (χ2n) is 4.57. The van der Waals surface area contributed by atoms with Gasteiger partial charge in [-0.3, -0.25) is 0 Å². The molecule has 1 aromatic rings. The molecule has 0 bridgehead atoms. The minimum atomic E-state index is 0.130. The number of rotatable bonds is 9. The van der Waals surface area contributed by atoms with E-state index in [2.05, 4.69) is 24.4 Å². The van der Waals surface area contributed by atoms with Gasteiger partial charge in [-0.25, -0.2) is 0 Å². The molecule has 1 aromatic carbocycles. The lowest BCUT2D eigenvalue weighted by Crippen LogP contribution is -2.14. The number of aliphatic hydroxyl groups excluding tert-OH is 1. The van der Waals surface area contributed by atoms with E-state index in [0.717, 1.165) is 18.7 Å². The Kier molecular flexibility index (Phi) is 7.69. The Labute approximate surface area is 105 Å². The van der Waals surface area contributed by atoms with Crippen LogP contribution in [-0.2, 0) is 13.2 Å². The van der Waals surface area contributed by atoms with E-state index in [9.17, 15) is 0 Å². The van der Waals surface area contributed by atoms with Gasteiger partial charge in [0.1, 0.15) is 0 Å². The van der Waals surface area contributed by atoms with Crippen LogP contribution in [0.1, 0.15) is 50.2 Å². The van der Waals surface area contributed by atoms with Gasteiger partial charge in [-0.1, -0.05) is 56.9 Å². The molecular weight excluding hydrogens is 210 g/mol. The number of aliphatic hydroxyl groups is 1. The molecule has 0 fully saturated rings. The van der Waals surface area contributed by atoms with Crippen LogP contribution < -0.4 is 5.32 Å². The molecule has 2 nitrogen and oxygen atoms in total. The molecular formula is C15H25NO. The molecule has 0 atom stereocenters. The molecule has 0 unspecified atom stereocenters. The molecule has 17 heavy (non-hydrogen) atoms. The summed E-state index contributed by atoms with van der Waals surface area (Å²) in [7, 11) is 0. The molecule has 0 aliphatic carbocycles. The summed E-state index contributed by atoms with van der Waals surface area (Å²) in [5.74, 6) is 0. The van der Waals surface area contributed by atoms with Gasteiger partial charge in [-0.15, -0.1) is 0 Å². The highest BCUT2D eigenvalue weighted by molar-refractivity contribution is 5.21. The van der Waals surface area contributed by atoms with Crippen LogP contribution in [0.2, 0.25) is 0 Å². The quantitative estimate of drug-likeness (QED) is 0.644. The lowest BCUT2D eigenvalue weighted by Gasteiger charge is -2.05. The fraction of sp³-hybridized carbons (Fsp3) is 0.600. The Morgan fingerprint density at radius 3 is 2.24 bits per heavy atom. The van der Waals surface area contributed by atoms with Crippen LogP contribution in [0.5, 0.6) is 0 Å². The van der Waals surface area contributed by atoms with Gasteiger partial charge in [-0.05, 0) is 24.1 Å². The maximum absolute atomic E-state index is 8.93. The first-order valence-corrected chi connectivity index (χ1v) is 6.76. The van der Waals surface area contributed by atoms with E-state index >= 15 is 0 Å². The molecule has 0 saturated heterocycles. The van der Waals surface area contributed by atoms with Crippen LogP contribution in [0.4, 0.5) is 0 Å². The molecule has 0 heterocycles. The monoisotopic (exact) mass is 235 g/mol. The minimum absolute atomic E-state index is 0.130. The predicted octanol–water partition coefficient (Wildman–Crippen LogP) is 3.24. The van der Waals surface area contributed by atoms with Crippen LogP contribution in [0.25, 0.3) is 0 Å². The predicted molar refractivity (Wildman–Crippen MR) is 72.8 cm³/mol. The third kappa shape index (κ3) is 6.44. The number of nitrogens with one attached hydrogen (secondary N) is 1. The largest absolute Gasteiger partial charge is 0.392 e. The molecule has 2 heteroatoms. The van der Waals surface area contributed by atoms with Crippen molar-refractivity contribution in [3.05, 3.63) is 35.4 Å². The van der Waals surface area contributed by atoms with Crippen LogP contribution in [0, 0.1) is 0 Å². The zero-order chi connectivity index (χ0) is 12.3. The van der Waals surface area contributed by atoms with Gasteiger partial charge in [0.05, 0.1) is 6.61 Å². The summed E-state index contributed by atoms with van der Waals surface area (Å²) in [5.41, 5.74) is 2.27. The molecule has 0 saturated carbocycles. The van der Waals surface area contributed by atoms with Crippen LogP contribution in [-0.4, -0.2) is 11.7 Å². The van der Waals surface area contributed by atoms with E-state index in [0.29, 0.717) is 0 Å². The second kappa shape index (κ2) is 9.20. The van der Waals surface area contributed by atoms with Crippen molar-refractivity contribution in [3.63, 3.8) is 0 Å². The van der Waals surface area contributed by atoms with Gasteiger partial charge in [-0.2, -0.15) is 0 Å². The standard InChI is InChI=1S/C15H25NO/c1-2-3-4-5-6-11-16-12-14-7-9-15(13-17)10-8-14/h7-10,16-17H,2-6,11-13H2,1H3. The number of unbranched alkanes of at least 4 members (excludes halogenated alkanes) is 4. The van der Waals surface area contributed by atoms with E-state index in [-0.39, 0.29) is 6.61 Å². The van der Waals surface area contributed by atoms with Crippen LogP contribution in [0.15, 0.2) is 24.3 Å². The van der Waals surface area contributed by atoms with E-state index in [4.69, 9.17) is 5.11 Å². The average Bonchev–Trinajstić information content (AvgIpc) is 2.38. The van der Waals surface area contributed by atoms with Crippen molar-refractivity contribution in [1.29, 1.82) is 0 Å². The second-order valence-corrected chi connectivity index (χ2v) is 4.57. The normalized spacial score (nSPS) is 10.7. The number of hydrogen-bond donors (Lipinski definition) is 2. The fourth-order valence-electron chi connectivity index (χ4n) is 1.85. The molecule has 1 rings (SSSR count). The Hall–Kier alpha value is -0.860. The van der Waals surface area contributed by atoms with Gasteiger partial charge in [0.2, 0.25) is 0 Å². The van der Waals surface area contributed by atoms with Crippen molar-refractivity contribution in [2.75, 3.05) is 6.54 Å². The zero-order valence-electron chi connectivity index (χ0n) is 10.9. The summed E-state index contributed by atoms with van der Waals surface area (Å²) in [6.07, 6.45) is 6.65. The summed E-state index contributed by atoms with van der Waals surface area (Å²) in [5, 5.41) is 12.4. The average molecular weight is 235 g/mol. The van der Waals surface area contributed by atoms with Crippen molar-refractivity contribution in [2.45, 2.75) is 52.2 Å². The Morgan fingerprint density at radius 2 is 1.59 bits per heavy atom. The summed E-state index contributed by atoms with van der Waals surface area (Å²) in [6, 6.07) is 8.13. The first-order valence-electron chi connectivity index (χ1n) is 6.76. The van der Waals surface area contributed by atoms with E-state index in [1.54, 1.807) is 0 Å². The van der Waals surface area contributed by atoms with Crippen LogP contribution >= 0.6 is 0 Å². The van der Waals surface area contributed by atoms with Crippen LogP contribution in [0.3, 0.4) is 0 Å². The van der Waals surface area contributed by atoms with Gasteiger partial charge in [0.15, 0.2) is 0 Å². The smallest absolute Gasteiger partial charge is 0.0681 e. The molecule has 2 N–H and O–H groups in total. The summed E-state index contributed by atoms with van der Waals surface area (Å²) < 4.78 is 0. The maximum Gasteiger partial charge on any atom is 0.0681 e. The molecule has 0 amide bonds. The number of hydrogen-bond acceptors (Lipinski definition) is 2. The minimum Gasteiger partial charge on any atom is -0.392 e. The molecule has 0 spiro atoms. The highest BCUT2D eigenvalue weighted by Gasteiger charge is 1.94. The molecule has 0 aromatic heterocycles. The summed E-state index contributed by atoms with van der Waals surface area (Å²) in [6.45, 7) is 4.41. The number of benzene rings is 1. The third-order valence-corrected chi connectivity index (χ3v) is 2.99. The summed E-state index contributed by atoms with van der Waals surface area (Å²) in [4.78, 5) is 0. The third-order valence-electron chi connectivity index (χ3n) is 2.99. The van der Waals surface area contributed by atoms with Crippen molar-refractivity contribution < 1.29 is 5.11 Å². The van der Waals surface area contributed by atoms with Crippen molar-refractivity contribution in [3.8, 4) is 0 Å². The SMILES string of the molecule is CCCCCCCNCc1ccc(CO)cc1. The fourth-order valence-corrected chi connectivity index (χ4v) is 1.85. The van der Waals surface area contributed by atoms with E-state index in [1.165, 1.54) is 37.7 Å².